The zero-order chi connectivity index (χ0) is 16.1. The fourth-order valence-corrected chi connectivity index (χ4v) is 2.73. The van der Waals surface area contributed by atoms with Crippen molar-refractivity contribution < 1.29 is 9.53 Å². The van der Waals surface area contributed by atoms with Gasteiger partial charge in [0, 0.05) is 36.6 Å². The normalized spacial score (nSPS) is 15.3. The fourth-order valence-electron chi connectivity index (χ4n) is 2.60. The summed E-state index contributed by atoms with van der Waals surface area (Å²) < 4.78 is 5.94. The lowest BCUT2D eigenvalue weighted by Gasteiger charge is -2.32. The number of nitrogens with zero attached hydrogens (tertiary/aromatic N) is 1. The lowest BCUT2D eigenvalue weighted by molar-refractivity contribution is 0.115. The SMILES string of the molecule is O=C(Nc1ccc(Cl)cc1)N1CCC(Oc2ccccc2)CC1. The molecule has 2 aromatic rings. The van der Waals surface area contributed by atoms with E-state index in [4.69, 9.17) is 16.3 Å². The number of likely N-dealkylation sites (tertiary alicyclic amines) is 1. The number of amides is 2. The Morgan fingerprint density at radius 1 is 1.04 bits per heavy atom. The summed E-state index contributed by atoms with van der Waals surface area (Å²) in [5.74, 6) is 0.886. The van der Waals surface area contributed by atoms with Gasteiger partial charge < -0.3 is 15.0 Å². The van der Waals surface area contributed by atoms with Gasteiger partial charge in [0.15, 0.2) is 0 Å². The molecular weight excluding hydrogens is 312 g/mol. The number of urea groups is 1. The molecule has 0 spiro atoms. The zero-order valence-electron chi connectivity index (χ0n) is 12.7. The predicted molar refractivity (Wildman–Crippen MR) is 92.1 cm³/mol. The van der Waals surface area contributed by atoms with E-state index in [9.17, 15) is 4.79 Å². The molecule has 0 aliphatic carbocycles. The number of benzene rings is 2. The van der Waals surface area contributed by atoms with Crippen molar-refractivity contribution in [1.82, 2.24) is 4.90 Å². The summed E-state index contributed by atoms with van der Waals surface area (Å²) in [6, 6.07) is 16.8. The van der Waals surface area contributed by atoms with Crippen molar-refractivity contribution in [2.75, 3.05) is 18.4 Å². The van der Waals surface area contributed by atoms with E-state index < -0.39 is 0 Å². The van der Waals surface area contributed by atoms with Crippen LogP contribution in [0.15, 0.2) is 54.6 Å². The highest BCUT2D eigenvalue weighted by Crippen LogP contribution is 2.20. The Morgan fingerprint density at radius 3 is 2.35 bits per heavy atom. The summed E-state index contributed by atoms with van der Waals surface area (Å²) in [7, 11) is 0. The van der Waals surface area contributed by atoms with Crippen LogP contribution in [0.4, 0.5) is 10.5 Å². The molecule has 1 heterocycles. The van der Waals surface area contributed by atoms with Gasteiger partial charge in [0.1, 0.15) is 11.9 Å². The molecule has 0 radical (unpaired) electrons. The van der Waals surface area contributed by atoms with Crippen LogP contribution in [0.1, 0.15) is 12.8 Å². The van der Waals surface area contributed by atoms with Crippen molar-refractivity contribution in [1.29, 1.82) is 0 Å². The van der Waals surface area contributed by atoms with Crippen molar-refractivity contribution in [3.05, 3.63) is 59.6 Å². The van der Waals surface area contributed by atoms with Gasteiger partial charge in [-0.05, 0) is 36.4 Å². The number of rotatable bonds is 3. The molecule has 1 fully saturated rings. The van der Waals surface area contributed by atoms with Crippen LogP contribution in [0.2, 0.25) is 5.02 Å². The van der Waals surface area contributed by atoms with Crippen molar-refractivity contribution in [3.8, 4) is 5.75 Å². The number of piperidine rings is 1. The molecule has 1 aliphatic heterocycles. The third kappa shape index (κ3) is 4.39. The van der Waals surface area contributed by atoms with Crippen LogP contribution in [-0.4, -0.2) is 30.1 Å². The smallest absolute Gasteiger partial charge is 0.321 e. The van der Waals surface area contributed by atoms with Crippen LogP contribution >= 0.6 is 11.6 Å². The molecule has 0 bridgehead atoms. The predicted octanol–water partition coefficient (Wildman–Crippen LogP) is 4.42. The Hall–Kier alpha value is -2.20. The van der Waals surface area contributed by atoms with Gasteiger partial charge in [0.2, 0.25) is 0 Å². The van der Waals surface area contributed by atoms with E-state index in [0.29, 0.717) is 18.1 Å². The van der Waals surface area contributed by atoms with Crippen LogP contribution in [0.5, 0.6) is 5.75 Å². The molecule has 4 nitrogen and oxygen atoms in total. The number of carbonyl (C=O) groups excluding carboxylic acids is 1. The highest BCUT2D eigenvalue weighted by Gasteiger charge is 2.23. The van der Waals surface area contributed by atoms with Gasteiger partial charge in [-0.2, -0.15) is 0 Å². The van der Waals surface area contributed by atoms with E-state index in [0.717, 1.165) is 24.3 Å². The molecule has 0 aromatic heterocycles. The molecule has 1 saturated heterocycles. The molecule has 0 unspecified atom stereocenters. The first-order valence-electron chi connectivity index (χ1n) is 7.74. The van der Waals surface area contributed by atoms with Crippen LogP contribution in [0, 0.1) is 0 Å². The number of hydrogen-bond acceptors (Lipinski definition) is 2. The quantitative estimate of drug-likeness (QED) is 0.905. The standard InChI is InChI=1S/C18H19ClN2O2/c19-14-6-8-15(9-7-14)20-18(22)21-12-10-17(11-13-21)23-16-4-2-1-3-5-16/h1-9,17H,10-13H2,(H,20,22). The second kappa shape index (κ2) is 7.38. The summed E-state index contributed by atoms with van der Waals surface area (Å²) in [6.45, 7) is 1.38. The van der Waals surface area contributed by atoms with Crippen molar-refractivity contribution in [2.45, 2.75) is 18.9 Å². The molecule has 23 heavy (non-hydrogen) atoms. The van der Waals surface area contributed by atoms with Crippen molar-refractivity contribution >= 4 is 23.3 Å². The summed E-state index contributed by atoms with van der Waals surface area (Å²) >= 11 is 5.84. The first-order valence-corrected chi connectivity index (χ1v) is 8.12. The third-order valence-electron chi connectivity index (χ3n) is 3.87. The van der Waals surface area contributed by atoms with Gasteiger partial charge in [0.25, 0.3) is 0 Å². The van der Waals surface area contributed by atoms with Gasteiger partial charge in [-0.25, -0.2) is 4.79 Å². The minimum Gasteiger partial charge on any atom is -0.490 e. The van der Waals surface area contributed by atoms with Crippen LogP contribution in [0.3, 0.4) is 0 Å². The lowest BCUT2D eigenvalue weighted by atomic mass is 10.1. The largest absolute Gasteiger partial charge is 0.490 e. The molecular formula is C18H19ClN2O2. The Bertz CT molecular complexity index is 638. The number of halogens is 1. The Balaban J connectivity index is 1.48. The maximum absolute atomic E-state index is 12.3. The van der Waals surface area contributed by atoms with E-state index in [2.05, 4.69) is 5.32 Å². The monoisotopic (exact) mass is 330 g/mol. The fraction of sp³-hybridized carbons (Fsp3) is 0.278. The Labute approximate surface area is 141 Å². The summed E-state index contributed by atoms with van der Waals surface area (Å²) in [5.41, 5.74) is 0.752. The van der Waals surface area contributed by atoms with E-state index in [1.165, 1.54) is 0 Å². The lowest BCUT2D eigenvalue weighted by Crippen LogP contribution is -2.43. The first kappa shape index (κ1) is 15.7. The van der Waals surface area contributed by atoms with E-state index in [1.807, 2.05) is 35.2 Å². The molecule has 3 rings (SSSR count). The molecule has 0 saturated carbocycles. The number of carbonyl (C=O) groups is 1. The van der Waals surface area contributed by atoms with Gasteiger partial charge in [-0.1, -0.05) is 29.8 Å². The molecule has 0 atom stereocenters. The second-order valence-corrected chi connectivity index (χ2v) is 5.99. The van der Waals surface area contributed by atoms with Gasteiger partial charge >= 0.3 is 6.03 Å². The van der Waals surface area contributed by atoms with Gasteiger partial charge in [-0.15, -0.1) is 0 Å². The van der Waals surface area contributed by atoms with Crippen LogP contribution in [0.25, 0.3) is 0 Å². The number of ether oxygens (including phenoxy) is 1. The molecule has 1 aliphatic rings. The van der Waals surface area contributed by atoms with E-state index in [1.54, 1.807) is 24.3 Å². The number of hydrogen-bond donors (Lipinski definition) is 1. The van der Waals surface area contributed by atoms with Gasteiger partial charge in [-0.3, -0.25) is 0 Å². The number of para-hydroxylation sites is 1. The number of nitrogens with one attached hydrogen (secondary N) is 1. The average molecular weight is 331 g/mol. The zero-order valence-corrected chi connectivity index (χ0v) is 13.5. The number of anilines is 1. The maximum atomic E-state index is 12.3. The molecule has 120 valence electrons. The van der Waals surface area contributed by atoms with Crippen LogP contribution < -0.4 is 10.1 Å². The highest BCUT2D eigenvalue weighted by molar-refractivity contribution is 6.30. The third-order valence-corrected chi connectivity index (χ3v) is 4.12. The molecule has 5 heteroatoms. The van der Waals surface area contributed by atoms with E-state index in [-0.39, 0.29) is 12.1 Å². The molecule has 2 aromatic carbocycles. The summed E-state index contributed by atoms with van der Waals surface area (Å²) in [6.07, 6.45) is 1.84. The van der Waals surface area contributed by atoms with Crippen LogP contribution in [-0.2, 0) is 0 Å². The second-order valence-electron chi connectivity index (χ2n) is 5.55. The van der Waals surface area contributed by atoms with E-state index >= 15 is 0 Å². The molecule has 2 amide bonds. The minimum atomic E-state index is -0.0783. The highest BCUT2D eigenvalue weighted by atomic mass is 35.5. The molecule has 1 N–H and O–H groups in total. The first-order chi connectivity index (χ1) is 11.2. The van der Waals surface area contributed by atoms with Gasteiger partial charge in [0.05, 0.1) is 0 Å². The van der Waals surface area contributed by atoms with Crippen molar-refractivity contribution in [2.24, 2.45) is 0 Å². The summed E-state index contributed by atoms with van der Waals surface area (Å²) in [4.78, 5) is 14.1. The maximum Gasteiger partial charge on any atom is 0.321 e. The minimum absolute atomic E-state index is 0.0783. The topological polar surface area (TPSA) is 41.6 Å². The van der Waals surface area contributed by atoms with Crippen molar-refractivity contribution in [3.63, 3.8) is 0 Å². The Kier molecular flexibility index (Phi) is 5.03. The Morgan fingerprint density at radius 2 is 1.70 bits per heavy atom. The average Bonchev–Trinajstić information content (AvgIpc) is 2.58. The summed E-state index contributed by atoms with van der Waals surface area (Å²) in [5, 5.41) is 3.55.